The monoisotopic (exact) mass is 84.1 g/mol. The molecule has 34 valence electrons. The van der Waals surface area contributed by atoms with Crippen molar-refractivity contribution in [2.24, 2.45) is 0 Å². The average molecular weight is 84.2 g/mol. The van der Waals surface area contributed by atoms with Gasteiger partial charge in [-0.25, -0.2) is 0 Å². The van der Waals surface area contributed by atoms with E-state index in [1.54, 1.807) is 6.08 Å². The van der Waals surface area contributed by atoms with Gasteiger partial charge in [-0.15, -0.1) is 0 Å². The molecule has 1 rings (SSSR count). The number of hydrogen-bond acceptors (Lipinski definition) is 0. The van der Waals surface area contributed by atoms with Crippen LogP contribution in [0.3, 0.4) is 0 Å². The molecule has 0 bridgehead atoms. The second-order valence-corrected chi connectivity index (χ2v) is 1.43. The molecule has 0 aromatic carbocycles. The molecule has 0 radical (unpaired) electrons. The molecule has 2 atom stereocenters. The summed E-state index contributed by atoms with van der Waals surface area (Å²) in [6.07, 6.45) is 5.22. The van der Waals surface area contributed by atoms with E-state index in [4.69, 9.17) is 2.74 Å². The van der Waals surface area contributed by atoms with Crippen molar-refractivity contribution in [3.05, 3.63) is 12.2 Å². The van der Waals surface area contributed by atoms with Crippen LogP contribution in [0, 0.1) is 0 Å². The SMILES string of the molecule is [2H][C@@H]1C=CCC[C@@H]1[2H]. The lowest BCUT2D eigenvalue weighted by Gasteiger charge is -1.97. The zero-order chi connectivity index (χ0) is 5.98. The first-order chi connectivity index (χ1) is 3.80. The highest BCUT2D eigenvalue weighted by atomic mass is 13.9. The Labute approximate surface area is 41.7 Å². The van der Waals surface area contributed by atoms with E-state index in [1.165, 1.54) is 0 Å². The van der Waals surface area contributed by atoms with Gasteiger partial charge in [-0.05, 0) is 25.6 Å². The van der Waals surface area contributed by atoms with Crippen molar-refractivity contribution in [2.75, 3.05) is 0 Å². The molecule has 0 aromatic heterocycles. The van der Waals surface area contributed by atoms with Crippen molar-refractivity contribution in [1.82, 2.24) is 0 Å². The van der Waals surface area contributed by atoms with E-state index < -0.39 is 0 Å². The summed E-state index contributed by atoms with van der Waals surface area (Å²) in [6, 6.07) is 0. The fraction of sp³-hybridized carbons (Fsp3) is 0.667. The Bertz CT molecular complexity index is 98.7. The maximum absolute atomic E-state index is 7.24. The summed E-state index contributed by atoms with van der Waals surface area (Å²) < 4.78 is 14.4. The van der Waals surface area contributed by atoms with Crippen molar-refractivity contribution in [3.63, 3.8) is 0 Å². The molecule has 0 nitrogen and oxygen atoms in total. The molecule has 1 aliphatic carbocycles. The lowest BCUT2D eigenvalue weighted by Crippen LogP contribution is -1.77. The molecule has 0 aromatic rings. The maximum atomic E-state index is 7.24. The van der Waals surface area contributed by atoms with Crippen LogP contribution in [-0.2, 0) is 0 Å². The Morgan fingerprint density at radius 1 is 1.50 bits per heavy atom. The molecule has 0 aliphatic heterocycles. The third-order valence-corrected chi connectivity index (χ3v) is 0.883. The van der Waals surface area contributed by atoms with Crippen LogP contribution in [0.1, 0.15) is 28.4 Å². The summed E-state index contributed by atoms with van der Waals surface area (Å²) in [4.78, 5) is 0. The molecular formula is C6H10. The van der Waals surface area contributed by atoms with Crippen LogP contribution in [0.4, 0.5) is 0 Å². The fourth-order valence-corrected chi connectivity index (χ4v) is 0.542. The highest BCUT2D eigenvalue weighted by Gasteiger charge is 1.87. The van der Waals surface area contributed by atoms with Crippen LogP contribution in [0.2, 0.25) is 0 Å². The first-order valence-electron chi connectivity index (χ1n) is 3.47. The highest BCUT2D eigenvalue weighted by Crippen LogP contribution is 2.07. The Morgan fingerprint density at radius 2 is 2.50 bits per heavy atom. The summed E-state index contributed by atoms with van der Waals surface area (Å²) in [5.74, 6) is 0. The summed E-state index contributed by atoms with van der Waals surface area (Å²) >= 11 is 0. The second kappa shape index (κ2) is 2.01. The maximum Gasteiger partial charge on any atom is 0.0310 e. The molecule has 0 amide bonds. The van der Waals surface area contributed by atoms with Gasteiger partial charge >= 0.3 is 0 Å². The Kier molecular flexibility index (Phi) is 0.722. The lowest BCUT2D eigenvalue weighted by molar-refractivity contribution is 0.730. The number of allylic oxidation sites excluding steroid dienone is 2. The average Bonchev–Trinajstić information content (AvgIpc) is 1.77. The van der Waals surface area contributed by atoms with Gasteiger partial charge in [0.15, 0.2) is 0 Å². The molecule has 0 saturated carbocycles. The first kappa shape index (κ1) is 2.15. The summed E-state index contributed by atoms with van der Waals surface area (Å²) in [5, 5.41) is 0. The van der Waals surface area contributed by atoms with Gasteiger partial charge in [-0.2, -0.15) is 0 Å². The van der Waals surface area contributed by atoms with Crippen molar-refractivity contribution < 1.29 is 2.74 Å². The van der Waals surface area contributed by atoms with E-state index in [2.05, 4.69) is 0 Å². The van der Waals surface area contributed by atoms with E-state index in [9.17, 15) is 0 Å². The van der Waals surface area contributed by atoms with Gasteiger partial charge in [0.1, 0.15) is 0 Å². The minimum absolute atomic E-state index is 0.167. The van der Waals surface area contributed by atoms with E-state index >= 15 is 0 Å². The summed E-state index contributed by atoms with van der Waals surface area (Å²) in [5.41, 5.74) is 0. The fourth-order valence-electron chi connectivity index (χ4n) is 0.542. The minimum atomic E-state index is -0.260. The molecular weight excluding hydrogens is 72.1 g/mol. The van der Waals surface area contributed by atoms with Crippen molar-refractivity contribution in [3.8, 4) is 0 Å². The van der Waals surface area contributed by atoms with E-state index in [0.29, 0.717) is 0 Å². The molecule has 0 fully saturated rings. The molecule has 0 heterocycles. The summed E-state index contributed by atoms with van der Waals surface area (Å²) in [7, 11) is 0. The van der Waals surface area contributed by atoms with Crippen LogP contribution in [0.15, 0.2) is 12.2 Å². The predicted octanol–water partition coefficient (Wildman–Crippen LogP) is 2.12. The Hall–Kier alpha value is -0.260. The normalized spacial score (nSPS) is 50.7. The van der Waals surface area contributed by atoms with E-state index in [-0.39, 0.29) is 12.8 Å². The largest absolute Gasteiger partial charge is 0.0885 e. The first-order valence-corrected chi connectivity index (χ1v) is 2.32. The smallest absolute Gasteiger partial charge is 0.0310 e. The minimum Gasteiger partial charge on any atom is -0.0885 e. The van der Waals surface area contributed by atoms with Crippen LogP contribution < -0.4 is 0 Å². The molecule has 0 heteroatoms. The zero-order valence-corrected chi connectivity index (χ0v) is 3.72. The third kappa shape index (κ3) is 0.852. The van der Waals surface area contributed by atoms with Gasteiger partial charge in [0.2, 0.25) is 0 Å². The zero-order valence-electron chi connectivity index (χ0n) is 5.72. The standard InChI is InChI=1S/C6H10/c1-2-4-6-5-3-1/h1-2H,3-6H2/i3D,5D/t3-,5-/m1/s1. The third-order valence-electron chi connectivity index (χ3n) is 0.883. The molecule has 0 spiro atoms. The quantitative estimate of drug-likeness (QED) is 0.394. The van der Waals surface area contributed by atoms with E-state index in [1.807, 2.05) is 6.08 Å². The van der Waals surface area contributed by atoms with Crippen LogP contribution in [0.25, 0.3) is 0 Å². The van der Waals surface area contributed by atoms with E-state index in [0.717, 1.165) is 12.8 Å². The Balaban J connectivity index is 2.47. The molecule has 0 unspecified atom stereocenters. The molecule has 0 N–H and O–H groups in total. The summed E-state index contributed by atoms with van der Waals surface area (Å²) in [6.45, 7) is 0. The topological polar surface area (TPSA) is 0 Å². The second-order valence-electron chi connectivity index (χ2n) is 1.43. The highest BCUT2D eigenvalue weighted by molar-refractivity contribution is 4.85. The number of rotatable bonds is 0. The predicted molar refractivity (Wildman–Crippen MR) is 27.6 cm³/mol. The van der Waals surface area contributed by atoms with Crippen LogP contribution >= 0.6 is 0 Å². The van der Waals surface area contributed by atoms with Gasteiger partial charge < -0.3 is 0 Å². The van der Waals surface area contributed by atoms with Crippen molar-refractivity contribution >= 4 is 0 Å². The van der Waals surface area contributed by atoms with Gasteiger partial charge in [0.25, 0.3) is 0 Å². The van der Waals surface area contributed by atoms with Gasteiger partial charge in [0, 0.05) is 2.74 Å². The van der Waals surface area contributed by atoms with Gasteiger partial charge in [-0.1, -0.05) is 12.2 Å². The Morgan fingerprint density at radius 3 is 3.00 bits per heavy atom. The van der Waals surface area contributed by atoms with Gasteiger partial charge in [-0.3, -0.25) is 0 Å². The van der Waals surface area contributed by atoms with Crippen molar-refractivity contribution in [2.45, 2.75) is 25.6 Å². The molecule has 1 aliphatic rings. The van der Waals surface area contributed by atoms with Crippen LogP contribution in [-0.4, -0.2) is 0 Å². The lowest BCUT2D eigenvalue weighted by atomic mass is 10.1. The van der Waals surface area contributed by atoms with Crippen LogP contribution in [0.5, 0.6) is 0 Å². The number of hydrogen-bond donors (Lipinski definition) is 0. The molecule has 0 saturated heterocycles. The molecule has 6 heavy (non-hydrogen) atoms. The van der Waals surface area contributed by atoms with Gasteiger partial charge in [0.05, 0.1) is 0 Å². The van der Waals surface area contributed by atoms with Crippen molar-refractivity contribution in [1.29, 1.82) is 0 Å².